The maximum absolute atomic E-state index is 3.91. The van der Waals surface area contributed by atoms with Crippen molar-refractivity contribution < 1.29 is 0 Å². The molecule has 0 saturated heterocycles. The first-order chi connectivity index (χ1) is 7.57. The van der Waals surface area contributed by atoms with Crippen molar-refractivity contribution in [2.24, 2.45) is 10.8 Å². The first-order valence-electron chi connectivity index (χ1n) is 7.33. The van der Waals surface area contributed by atoms with Crippen molar-refractivity contribution in [2.45, 2.75) is 83.7 Å². The molecule has 1 nitrogen and oxygen atoms in total. The van der Waals surface area contributed by atoms with Crippen LogP contribution in [0.5, 0.6) is 0 Å². The van der Waals surface area contributed by atoms with Gasteiger partial charge in [-0.3, -0.25) is 0 Å². The number of hydrogen-bond donors (Lipinski definition) is 1. The summed E-state index contributed by atoms with van der Waals surface area (Å²) < 4.78 is 0. The smallest absolute Gasteiger partial charge is 0.00802 e. The highest BCUT2D eigenvalue weighted by molar-refractivity contribution is 5.09. The van der Waals surface area contributed by atoms with Gasteiger partial charge in [-0.15, -0.1) is 0 Å². The van der Waals surface area contributed by atoms with Gasteiger partial charge < -0.3 is 5.32 Å². The van der Waals surface area contributed by atoms with Crippen LogP contribution in [-0.4, -0.2) is 12.1 Å². The Balaban J connectivity index is 1.41. The molecule has 0 heterocycles. The van der Waals surface area contributed by atoms with Gasteiger partial charge in [-0.05, 0) is 49.4 Å². The lowest BCUT2D eigenvalue weighted by Crippen LogP contribution is -2.59. The van der Waals surface area contributed by atoms with Crippen LogP contribution in [0.1, 0.15) is 71.6 Å². The predicted octanol–water partition coefficient (Wildman–Crippen LogP) is 3.88. The molecule has 1 spiro atoms. The third kappa shape index (κ3) is 2.03. The molecule has 0 aromatic carbocycles. The summed E-state index contributed by atoms with van der Waals surface area (Å²) in [4.78, 5) is 0. The summed E-state index contributed by atoms with van der Waals surface area (Å²) in [5.74, 6) is 0. The highest BCUT2D eigenvalue weighted by Gasteiger charge is 2.56. The van der Waals surface area contributed by atoms with E-state index in [2.05, 4.69) is 19.2 Å². The van der Waals surface area contributed by atoms with Crippen molar-refractivity contribution in [3.8, 4) is 0 Å². The molecule has 0 atom stereocenters. The fourth-order valence-electron chi connectivity index (χ4n) is 4.97. The summed E-state index contributed by atoms with van der Waals surface area (Å²) in [6.07, 6.45) is 13.2. The Hall–Kier alpha value is -0.0400. The molecule has 3 aliphatic rings. The topological polar surface area (TPSA) is 12.0 Å². The van der Waals surface area contributed by atoms with Crippen molar-refractivity contribution in [3.05, 3.63) is 0 Å². The molecule has 92 valence electrons. The quantitative estimate of drug-likeness (QED) is 0.746. The van der Waals surface area contributed by atoms with E-state index >= 15 is 0 Å². The van der Waals surface area contributed by atoms with Gasteiger partial charge in [0, 0.05) is 12.1 Å². The molecule has 3 fully saturated rings. The minimum Gasteiger partial charge on any atom is -0.311 e. The maximum atomic E-state index is 3.91. The lowest BCUT2D eigenvalue weighted by Gasteiger charge is -2.62. The molecule has 16 heavy (non-hydrogen) atoms. The zero-order valence-electron chi connectivity index (χ0n) is 11.0. The second-order valence-corrected chi connectivity index (χ2v) is 7.62. The highest BCUT2D eigenvalue weighted by Crippen LogP contribution is 2.64. The van der Waals surface area contributed by atoms with Crippen molar-refractivity contribution in [2.75, 3.05) is 0 Å². The molecule has 3 aliphatic carbocycles. The molecule has 0 aliphatic heterocycles. The van der Waals surface area contributed by atoms with Crippen molar-refractivity contribution >= 4 is 0 Å². The van der Waals surface area contributed by atoms with Crippen LogP contribution >= 0.6 is 0 Å². The fourth-order valence-corrected chi connectivity index (χ4v) is 4.97. The molecule has 0 radical (unpaired) electrons. The van der Waals surface area contributed by atoms with Crippen LogP contribution in [0.15, 0.2) is 0 Å². The Morgan fingerprint density at radius 3 is 2.06 bits per heavy atom. The van der Waals surface area contributed by atoms with Crippen molar-refractivity contribution in [3.63, 3.8) is 0 Å². The van der Waals surface area contributed by atoms with Crippen LogP contribution in [0.4, 0.5) is 0 Å². The fraction of sp³-hybridized carbons (Fsp3) is 1.00. The van der Waals surface area contributed by atoms with Crippen LogP contribution in [0, 0.1) is 10.8 Å². The van der Waals surface area contributed by atoms with E-state index in [1.165, 1.54) is 57.8 Å². The van der Waals surface area contributed by atoms with Gasteiger partial charge in [-0.25, -0.2) is 0 Å². The molecule has 3 saturated carbocycles. The molecule has 0 unspecified atom stereocenters. The molecular formula is C15H27N. The summed E-state index contributed by atoms with van der Waals surface area (Å²) >= 11 is 0. The van der Waals surface area contributed by atoms with E-state index in [1.54, 1.807) is 0 Å². The lowest BCUT2D eigenvalue weighted by atomic mass is 9.45. The van der Waals surface area contributed by atoms with Gasteiger partial charge in [0.1, 0.15) is 0 Å². The Bertz CT molecular complexity index is 247. The van der Waals surface area contributed by atoms with E-state index in [0.717, 1.165) is 17.5 Å². The maximum Gasteiger partial charge on any atom is 0.00802 e. The van der Waals surface area contributed by atoms with E-state index < -0.39 is 0 Å². The van der Waals surface area contributed by atoms with Crippen molar-refractivity contribution in [1.29, 1.82) is 0 Å². The first kappa shape index (κ1) is 11.1. The second kappa shape index (κ2) is 3.73. The summed E-state index contributed by atoms with van der Waals surface area (Å²) in [6, 6.07) is 1.74. The molecule has 1 heteroatoms. The zero-order valence-corrected chi connectivity index (χ0v) is 11.0. The van der Waals surface area contributed by atoms with E-state index in [4.69, 9.17) is 0 Å². The predicted molar refractivity (Wildman–Crippen MR) is 68.5 cm³/mol. The van der Waals surface area contributed by atoms with Crippen LogP contribution in [0.25, 0.3) is 0 Å². The molecule has 3 rings (SSSR count). The Kier molecular flexibility index (Phi) is 2.58. The summed E-state index contributed by atoms with van der Waals surface area (Å²) in [6.45, 7) is 4.86. The third-order valence-corrected chi connectivity index (χ3v) is 5.14. The molecule has 0 aromatic rings. The normalized spacial score (nSPS) is 33.4. The SMILES string of the molecule is CC1(C)CC2(CC(NC3CCCCC3)C2)C1. The minimum absolute atomic E-state index is 0.663. The van der Waals surface area contributed by atoms with E-state index in [9.17, 15) is 0 Å². The van der Waals surface area contributed by atoms with E-state index in [0.29, 0.717) is 5.41 Å². The van der Waals surface area contributed by atoms with Gasteiger partial charge >= 0.3 is 0 Å². The van der Waals surface area contributed by atoms with Gasteiger partial charge in [0.25, 0.3) is 0 Å². The Morgan fingerprint density at radius 1 is 0.875 bits per heavy atom. The van der Waals surface area contributed by atoms with Crippen LogP contribution in [0.2, 0.25) is 0 Å². The Morgan fingerprint density at radius 2 is 1.50 bits per heavy atom. The van der Waals surface area contributed by atoms with Crippen LogP contribution < -0.4 is 5.32 Å². The molecule has 0 aromatic heterocycles. The third-order valence-electron chi connectivity index (χ3n) is 5.14. The highest BCUT2D eigenvalue weighted by atomic mass is 15.0. The number of rotatable bonds is 2. The standard InChI is InChI=1S/C15H27N/c1-14(2)10-15(11-14)8-13(9-15)16-12-6-4-3-5-7-12/h12-13,16H,3-11H2,1-2H3. The monoisotopic (exact) mass is 221 g/mol. The van der Waals surface area contributed by atoms with Gasteiger partial charge in [0.15, 0.2) is 0 Å². The number of nitrogens with one attached hydrogen (secondary N) is 1. The summed E-state index contributed by atoms with van der Waals surface area (Å²) in [5.41, 5.74) is 1.45. The van der Waals surface area contributed by atoms with Crippen LogP contribution in [0.3, 0.4) is 0 Å². The molecule has 0 amide bonds. The van der Waals surface area contributed by atoms with Gasteiger partial charge in [-0.1, -0.05) is 33.1 Å². The average Bonchev–Trinajstić information content (AvgIpc) is 2.14. The van der Waals surface area contributed by atoms with E-state index in [1.807, 2.05) is 0 Å². The average molecular weight is 221 g/mol. The van der Waals surface area contributed by atoms with E-state index in [-0.39, 0.29) is 0 Å². The summed E-state index contributed by atoms with van der Waals surface area (Å²) in [5, 5.41) is 3.91. The molecule has 1 N–H and O–H groups in total. The Labute approximate surface area is 100 Å². The minimum atomic E-state index is 0.663. The second-order valence-electron chi connectivity index (χ2n) is 7.62. The lowest BCUT2D eigenvalue weighted by molar-refractivity contribution is -0.0964. The van der Waals surface area contributed by atoms with Crippen LogP contribution in [-0.2, 0) is 0 Å². The van der Waals surface area contributed by atoms with Crippen molar-refractivity contribution in [1.82, 2.24) is 5.32 Å². The first-order valence-corrected chi connectivity index (χ1v) is 7.33. The molecule has 0 bridgehead atoms. The number of hydrogen-bond acceptors (Lipinski definition) is 1. The zero-order chi connectivity index (χ0) is 11.2. The van der Waals surface area contributed by atoms with Gasteiger partial charge in [-0.2, -0.15) is 0 Å². The summed E-state index contributed by atoms with van der Waals surface area (Å²) in [7, 11) is 0. The molecular weight excluding hydrogens is 194 g/mol. The van der Waals surface area contributed by atoms with Gasteiger partial charge in [0.05, 0.1) is 0 Å². The largest absolute Gasteiger partial charge is 0.311 e. The van der Waals surface area contributed by atoms with Gasteiger partial charge in [0.2, 0.25) is 0 Å².